The fraction of sp³-hybridized carbons (Fsp3) is 0.200. The minimum absolute atomic E-state index is 0.557. The van der Waals surface area contributed by atoms with Crippen molar-refractivity contribution < 1.29 is 0 Å². The van der Waals surface area contributed by atoms with Gasteiger partial charge in [0.05, 0.1) is 0 Å². The fourth-order valence-electron chi connectivity index (χ4n) is 3.12. The van der Waals surface area contributed by atoms with Crippen LogP contribution in [0, 0.1) is 0 Å². The molecule has 0 radical (unpaired) electrons. The monoisotopic (exact) mass is 594 g/mol. The quantitative estimate of drug-likeness (QED) is 0.147. The van der Waals surface area contributed by atoms with Gasteiger partial charge in [0.15, 0.2) is 0 Å². The number of benzene rings is 4. The van der Waals surface area contributed by atoms with E-state index in [-0.39, 0.29) is 0 Å². The zero-order valence-corrected chi connectivity index (χ0v) is 25.2. The van der Waals surface area contributed by atoms with Crippen LogP contribution in [0.25, 0.3) is 0 Å². The second kappa shape index (κ2) is 23.0. The second-order valence-corrected chi connectivity index (χ2v) is 14.8. The first kappa shape index (κ1) is 32.9. The Kier molecular flexibility index (Phi) is 21.0. The van der Waals surface area contributed by atoms with E-state index in [1.54, 1.807) is 0 Å². The molecule has 0 heterocycles. The summed E-state index contributed by atoms with van der Waals surface area (Å²) < 4.78 is 0. The van der Waals surface area contributed by atoms with Crippen molar-refractivity contribution in [2.24, 2.45) is 0 Å². The van der Waals surface area contributed by atoms with Crippen molar-refractivity contribution in [1.29, 1.82) is 0 Å². The molecule has 4 aromatic rings. The molecule has 4 aromatic carbocycles. The zero-order valence-electron chi connectivity index (χ0n) is 20.3. The number of alkyl halides is 2. The van der Waals surface area contributed by atoms with Crippen molar-refractivity contribution in [3.05, 3.63) is 144 Å². The van der Waals surface area contributed by atoms with Gasteiger partial charge in [0.1, 0.15) is 0 Å². The van der Waals surface area contributed by atoms with E-state index < -0.39 is 11.4 Å². The van der Waals surface area contributed by atoms with E-state index in [1.807, 2.05) is 36.4 Å². The lowest BCUT2D eigenvalue weighted by molar-refractivity contribution is 0.940. The highest BCUT2D eigenvalue weighted by atomic mass is 35.8. The topological polar surface area (TPSA) is 0 Å². The van der Waals surface area contributed by atoms with Crippen LogP contribution in [-0.2, 0) is 25.7 Å². The van der Waals surface area contributed by atoms with E-state index in [9.17, 15) is 0 Å². The first-order chi connectivity index (χ1) is 17.5. The first-order valence-corrected chi connectivity index (χ1v) is 18.1. The molecule has 190 valence electrons. The molecular formula is C30H32AlCl5. The van der Waals surface area contributed by atoms with Crippen molar-refractivity contribution in [2.75, 3.05) is 11.8 Å². The van der Waals surface area contributed by atoms with E-state index in [1.165, 1.54) is 22.3 Å². The highest BCUT2D eigenvalue weighted by Crippen LogP contribution is 2.11. The zero-order chi connectivity index (χ0) is 26.3. The van der Waals surface area contributed by atoms with Crippen molar-refractivity contribution in [2.45, 2.75) is 25.7 Å². The molecule has 0 aromatic heterocycles. The number of aryl methyl sites for hydroxylation is 4. The number of hydrogen-bond acceptors (Lipinski definition) is 0. The third-order valence-corrected chi connectivity index (χ3v) is 5.42. The minimum atomic E-state index is -1.72. The molecule has 0 aliphatic rings. The van der Waals surface area contributed by atoms with Gasteiger partial charge in [0, 0.05) is 11.8 Å². The second-order valence-electron chi connectivity index (χ2n) is 7.57. The van der Waals surface area contributed by atoms with Gasteiger partial charge >= 0.3 is 11.4 Å². The van der Waals surface area contributed by atoms with Gasteiger partial charge in [-0.3, -0.25) is 0 Å². The van der Waals surface area contributed by atoms with Gasteiger partial charge < -0.3 is 0 Å². The molecular weight excluding hydrogens is 565 g/mol. The molecule has 0 aliphatic heterocycles. The lowest BCUT2D eigenvalue weighted by Gasteiger charge is -2.05. The van der Waals surface area contributed by atoms with Crippen LogP contribution in [0.5, 0.6) is 0 Å². The molecule has 0 saturated heterocycles. The van der Waals surface area contributed by atoms with Crippen LogP contribution in [-0.4, -0.2) is 23.1 Å². The van der Waals surface area contributed by atoms with Gasteiger partial charge in [-0.1, -0.05) is 121 Å². The van der Waals surface area contributed by atoms with Gasteiger partial charge in [-0.2, -0.15) is 0 Å². The lowest BCUT2D eigenvalue weighted by Crippen LogP contribution is -1.94. The summed E-state index contributed by atoms with van der Waals surface area (Å²) in [5.41, 5.74) is 5.67. The molecule has 0 spiro atoms. The Morgan fingerprint density at radius 1 is 0.361 bits per heavy atom. The molecule has 0 amide bonds. The molecule has 6 heteroatoms. The molecule has 0 aliphatic carbocycles. The maximum absolute atomic E-state index is 5.05. The Balaban J connectivity index is 0.000000378. The summed E-state index contributed by atoms with van der Waals surface area (Å²) in [7, 11) is 14.8. The summed E-state index contributed by atoms with van der Waals surface area (Å²) in [5, 5.41) is 0. The molecule has 0 saturated carbocycles. The smallest absolute Gasteiger partial charge is 0.214 e. The lowest BCUT2D eigenvalue weighted by atomic mass is 10.0. The van der Waals surface area contributed by atoms with Gasteiger partial charge in [0.25, 0.3) is 0 Å². The third kappa shape index (κ3) is 19.0. The molecule has 0 fully saturated rings. The van der Waals surface area contributed by atoms with E-state index in [0.29, 0.717) is 11.8 Å². The SMILES string of the molecule is ClCCCl.[Cl][Al]([Cl])[Cl].c1ccc(CCc2ccc(CCc3ccccc3)cc2)cc1.c1ccccc1. The molecule has 36 heavy (non-hydrogen) atoms. The number of hydrogen-bond donors (Lipinski definition) is 0. The van der Waals surface area contributed by atoms with Crippen LogP contribution in [0.2, 0.25) is 0 Å². The Labute approximate surface area is 244 Å². The van der Waals surface area contributed by atoms with Gasteiger partial charge in [-0.05, 0) is 47.9 Å². The van der Waals surface area contributed by atoms with Gasteiger partial charge in [-0.15, -0.1) is 23.2 Å². The van der Waals surface area contributed by atoms with Gasteiger partial charge in [-0.25, -0.2) is 30.1 Å². The van der Waals surface area contributed by atoms with Crippen LogP contribution in [0.1, 0.15) is 22.3 Å². The minimum Gasteiger partial charge on any atom is -0.214 e. The maximum atomic E-state index is 5.05. The van der Waals surface area contributed by atoms with Crippen molar-refractivity contribution >= 4 is 64.7 Å². The molecule has 0 bridgehead atoms. The standard InChI is InChI=1S/C22H22.C6H6.C2H4Cl2.Al.3ClH/c1-3-7-19(8-4-1)11-13-21-15-17-22(18-16-21)14-12-20-9-5-2-6-10-20;1-2-4-6-5-3-1;3-1-2-4;;;;/h1-10,15-18H,11-14H2;1-6H;1-2H2;;3*1H/q;;;+3;;;/p-3. The largest absolute Gasteiger partial charge is 0.643 e. The predicted molar refractivity (Wildman–Crippen MR) is 165 cm³/mol. The van der Waals surface area contributed by atoms with E-state index >= 15 is 0 Å². The summed E-state index contributed by atoms with van der Waals surface area (Å²) in [5.74, 6) is 1.11. The maximum Gasteiger partial charge on any atom is 0.643 e. The summed E-state index contributed by atoms with van der Waals surface area (Å²) in [6, 6.07) is 42.5. The Morgan fingerprint density at radius 3 is 0.778 bits per heavy atom. The summed E-state index contributed by atoms with van der Waals surface area (Å²) in [4.78, 5) is 0. The van der Waals surface area contributed by atoms with E-state index in [4.69, 9.17) is 53.3 Å². The molecule has 4 rings (SSSR count). The van der Waals surface area contributed by atoms with Crippen LogP contribution < -0.4 is 0 Å². The normalized spacial score (nSPS) is 9.36. The van der Waals surface area contributed by atoms with Crippen molar-refractivity contribution in [1.82, 2.24) is 0 Å². The van der Waals surface area contributed by atoms with Gasteiger partial charge in [0.2, 0.25) is 0 Å². The number of halogens is 5. The average Bonchev–Trinajstić information content (AvgIpc) is 2.94. The van der Waals surface area contributed by atoms with Crippen LogP contribution >= 0.6 is 53.3 Å². The summed E-state index contributed by atoms with van der Waals surface area (Å²) in [6.07, 6.45) is 4.46. The molecule has 0 nitrogen and oxygen atoms in total. The van der Waals surface area contributed by atoms with Crippen molar-refractivity contribution in [3.8, 4) is 0 Å². The first-order valence-electron chi connectivity index (χ1n) is 11.7. The fourth-order valence-corrected chi connectivity index (χ4v) is 3.12. The summed E-state index contributed by atoms with van der Waals surface area (Å²) >= 11 is 8.39. The third-order valence-electron chi connectivity index (χ3n) is 4.85. The van der Waals surface area contributed by atoms with E-state index in [2.05, 4.69) is 84.9 Å². The molecule has 0 N–H and O–H groups in total. The predicted octanol–water partition coefficient (Wildman–Crippen LogP) is 10.1. The van der Waals surface area contributed by atoms with Crippen LogP contribution in [0.4, 0.5) is 0 Å². The Hall–Kier alpha value is -1.14. The van der Waals surface area contributed by atoms with Crippen LogP contribution in [0.15, 0.2) is 121 Å². The number of rotatable bonds is 7. The Bertz CT molecular complexity index is 888. The molecule has 0 atom stereocenters. The Morgan fingerprint density at radius 2 is 0.556 bits per heavy atom. The van der Waals surface area contributed by atoms with E-state index in [0.717, 1.165) is 25.7 Å². The summed E-state index contributed by atoms with van der Waals surface area (Å²) in [6.45, 7) is 0. The van der Waals surface area contributed by atoms with Crippen LogP contribution in [0.3, 0.4) is 0 Å². The highest BCUT2D eigenvalue weighted by Gasteiger charge is 2.00. The highest BCUT2D eigenvalue weighted by molar-refractivity contribution is 7.54. The molecule has 0 unspecified atom stereocenters. The average molecular weight is 597 g/mol. The van der Waals surface area contributed by atoms with Crippen molar-refractivity contribution in [3.63, 3.8) is 0 Å².